The number of pyridine rings is 1. The van der Waals surface area contributed by atoms with Gasteiger partial charge in [-0.05, 0) is 18.2 Å². The van der Waals surface area contributed by atoms with Crippen LogP contribution >= 0.6 is 11.6 Å². The van der Waals surface area contributed by atoms with Crippen molar-refractivity contribution in [3.63, 3.8) is 0 Å². The quantitative estimate of drug-likeness (QED) is 0.542. The standard InChI is InChI=1S/C13H9ClN4O/c14-11-7-8(5-6-16-11)12-9-3-1-2-4-10(9)13(19)18(15)17-12/h1-7H,15H2. The number of benzene rings is 1. The SMILES string of the molecule is Nn1nc(-c2ccnc(Cl)c2)c2ccccc2c1=O. The zero-order valence-corrected chi connectivity index (χ0v) is 10.5. The topological polar surface area (TPSA) is 73.8 Å². The van der Waals surface area contributed by atoms with Crippen LogP contribution in [0.3, 0.4) is 0 Å². The van der Waals surface area contributed by atoms with Crippen LogP contribution in [0.4, 0.5) is 0 Å². The van der Waals surface area contributed by atoms with Gasteiger partial charge in [0, 0.05) is 17.1 Å². The van der Waals surface area contributed by atoms with Gasteiger partial charge in [-0.15, -0.1) is 9.89 Å². The van der Waals surface area contributed by atoms with E-state index in [2.05, 4.69) is 10.1 Å². The van der Waals surface area contributed by atoms with E-state index >= 15 is 0 Å². The third-order valence-electron chi connectivity index (χ3n) is 2.83. The van der Waals surface area contributed by atoms with Crippen LogP contribution in [-0.2, 0) is 0 Å². The lowest BCUT2D eigenvalue weighted by atomic mass is 10.1. The first-order chi connectivity index (χ1) is 9.16. The normalized spacial score (nSPS) is 10.8. The van der Waals surface area contributed by atoms with Crippen LogP contribution < -0.4 is 11.4 Å². The Kier molecular flexibility index (Phi) is 2.68. The Balaban J connectivity index is 2.42. The predicted molar refractivity (Wildman–Crippen MR) is 74.4 cm³/mol. The van der Waals surface area contributed by atoms with Gasteiger partial charge in [-0.3, -0.25) is 4.79 Å². The largest absolute Gasteiger partial charge is 0.320 e. The molecule has 0 spiro atoms. The van der Waals surface area contributed by atoms with Gasteiger partial charge in [0.15, 0.2) is 0 Å². The number of aromatic nitrogens is 3. The van der Waals surface area contributed by atoms with E-state index in [1.807, 2.05) is 12.1 Å². The molecule has 5 nitrogen and oxygen atoms in total. The fourth-order valence-electron chi connectivity index (χ4n) is 1.97. The van der Waals surface area contributed by atoms with Gasteiger partial charge >= 0.3 is 0 Å². The third kappa shape index (κ3) is 1.94. The number of nitrogens with zero attached hydrogens (tertiary/aromatic N) is 3. The fourth-order valence-corrected chi connectivity index (χ4v) is 2.14. The van der Waals surface area contributed by atoms with E-state index < -0.39 is 0 Å². The maximum absolute atomic E-state index is 11.9. The third-order valence-corrected chi connectivity index (χ3v) is 3.04. The second-order valence-corrected chi connectivity index (χ2v) is 4.40. The van der Waals surface area contributed by atoms with Crippen molar-refractivity contribution in [2.45, 2.75) is 0 Å². The van der Waals surface area contributed by atoms with Crippen molar-refractivity contribution in [3.8, 4) is 11.3 Å². The molecule has 0 amide bonds. The molecule has 6 heteroatoms. The summed E-state index contributed by atoms with van der Waals surface area (Å²) in [6.45, 7) is 0. The number of nitrogen functional groups attached to an aromatic ring is 1. The van der Waals surface area contributed by atoms with Gasteiger partial charge in [-0.1, -0.05) is 29.8 Å². The minimum Gasteiger partial charge on any atom is -0.320 e. The van der Waals surface area contributed by atoms with Crippen molar-refractivity contribution >= 4 is 22.4 Å². The first-order valence-electron chi connectivity index (χ1n) is 5.56. The highest BCUT2D eigenvalue weighted by atomic mass is 35.5. The molecule has 0 aliphatic carbocycles. The zero-order valence-electron chi connectivity index (χ0n) is 9.75. The van der Waals surface area contributed by atoms with Gasteiger partial charge in [0.1, 0.15) is 10.8 Å². The molecule has 0 aliphatic heterocycles. The molecule has 0 aliphatic rings. The molecule has 0 radical (unpaired) electrons. The van der Waals surface area contributed by atoms with Crippen molar-refractivity contribution in [1.29, 1.82) is 0 Å². The van der Waals surface area contributed by atoms with Crippen molar-refractivity contribution in [2.75, 3.05) is 5.84 Å². The number of hydrogen-bond acceptors (Lipinski definition) is 4. The Labute approximate surface area is 113 Å². The van der Waals surface area contributed by atoms with Crippen LogP contribution in [0.15, 0.2) is 47.4 Å². The number of rotatable bonds is 1. The lowest BCUT2D eigenvalue weighted by molar-refractivity contribution is 0.781. The minimum absolute atomic E-state index is 0.334. The van der Waals surface area contributed by atoms with E-state index in [4.69, 9.17) is 17.4 Å². The summed E-state index contributed by atoms with van der Waals surface area (Å²) in [5, 5.41) is 5.72. The Morgan fingerprint density at radius 2 is 1.89 bits per heavy atom. The molecule has 2 N–H and O–H groups in total. The molecular weight excluding hydrogens is 264 g/mol. The van der Waals surface area contributed by atoms with Crippen LogP contribution in [0.5, 0.6) is 0 Å². The Morgan fingerprint density at radius 3 is 2.63 bits per heavy atom. The lowest BCUT2D eigenvalue weighted by Gasteiger charge is -2.07. The molecule has 0 bridgehead atoms. The summed E-state index contributed by atoms with van der Waals surface area (Å²) in [6, 6.07) is 10.6. The highest BCUT2D eigenvalue weighted by Crippen LogP contribution is 2.25. The molecule has 2 heterocycles. The first kappa shape index (κ1) is 11.7. The minimum atomic E-state index is -0.334. The summed E-state index contributed by atoms with van der Waals surface area (Å²) in [4.78, 5) is 16.7. The van der Waals surface area contributed by atoms with Gasteiger partial charge < -0.3 is 5.84 Å². The molecule has 3 rings (SSSR count). The molecule has 0 atom stereocenters. The number of fused-ring (bicyclic) bond motifs is 1. The van der Waals surface area contributed by atoms with Crippen LogP contribution in [0.25, 0.3) is 22.0 Å². The van der Waals surface area contributed by atoms with Gasteiger partial charge in [-0.25, -0.2) is 4.98 Å². The number of halogens is 1. The van der Waals surface area contributed by atoms with Crippen LogP contribution in [0, 0.1) is 0 Å². The molecule has 94 valence electrons. The summed E-state index contributed by atoms with van der Waals surface area (Å²) in [7, 11) is 0. The predicted octanol–water partition coefficient (Wildman–Crippen LogP) is 1.83. The second-order valence-electron chi connectivity index (χ2n) is 4.01. The zero-order chi connectivity index (χ0) is 13.4. The van der Waals surface area contributed by atoms with Crippen LogP contribution in [0.1, 0.15) is 0 Å². The van der Waals surface area contributed by atoms with E-state index in [0.29, 0.717) is 16.2 Å². The molecule has 19 heavy (non-hydrogen) atoms. The second kappa shape index (κ2) is 4.37. The Morgan fingerprint density at radius 1 is 1.16 bits per heavy atom. The van der Waals surface area contributed by atoms with Crippen molar-refractivity contribution in [2.24, 2.45) is 0 Å². The van der Waals surface area contributed by atoms with Gasteiger partial charge in [0.05, 0.1) is 5.39 Å². The average molecular weight is 273 g/mol. The molecule has 0 saturated carbocycles. The summed E-state index contributed by atoms with van der Waals surface area (Å²) >= 11 is 5.88. The molecule has 2 aromatic heterocycles. The van der Waals surface area contributed by atoms with Crippen molar-refractivity contribution < 1.29 is 0 Å². The van der Waals surface area contributed by atoms with Crippen molar-refractivity contribution in [1.82, 2.24) is 14.9 Å². The molecule has 0 saturated heterocycles. The molecular formula is C13H9ClN4O. The first-order valence-corrected chi connectivity index (χ1v) is 5.93. The maximum atomic E-state index is 11.9. The molecule has 0 unspecified atom stereocenters. The average Bonchev–Trinajstić information content (AvgIpc) is 2.43. The van der Waals surface area contributed by atoms with Gasteiger partial charge in [0.25, 0.3) is 5.56 Å². The van der Waals surface area contributed by atoms with Crippen LogP contribution in [-0.4, -0.2) is 14.9 Å². The highest BCUT2D eigenvalue weighted by Gasteiger charge is 2.11. The summed E-state index contributed by atoms with van der Waals surface area (Å²) < 4.78 is 0. The number of hydrogen-bond donors (Lipinski definition) is 1. The van der Waals surface area contributed by atoms with Crippen LogP contribution in [0.2, 0.25) is 5.15 Å². The summed E-state index contributed by atoms with van der Waals surface area (Å²) in [6.07, 6.45) is 1.58. The van der Waals surface area contributed by atoms with E-state index in [-0.39, 0.29) is 5.56 Å². The Hall–Kier alpha value is -2.40. The van der Waals surface area contributed by atoms with Gasteiger partial charge in [-0.2, -0.15) is 0 Å². The van der Waals surface area contributed by atoms with Gasteiger partial charge in [0.2, 0.25) is 0 Å². The fraction of sp³-hybridized carbons (Fsp3) is 0. The van der Waals surface area contributed by atoms with E-state index in [9.17, 15) is 4.79 Å². The highest BCUT2D eigenvalue weighted by molar-refractivity contribution is 6.29. The molecule has 0 fully saturated rings. The van der Waals surface area contributed by atoms with E-state index in [0.717, 1.165) is 15.7 Å². The smallest absolute Gasteiger partial charge is 0.293 e. The van der Waals surface area contributed by atoms with E-state index in [1.165, 1.54) is 0 Å². The lowest BCUT2D eigenvalue weighted by Crippen LogP contribution is -2.30. The summed E-state index contributed by atoms with van der Waals surface area (Å²) in [5.74, 6) is 5.61. The molecule has 1 aromatic carbocycles. The van der Waals surface area contributed by atoms with Crippen molar-refractivity contribution in [3.05, 3.63) is 58.1 Å². The van der Waals surface area contributed by atoms with E-state index in [1.54, 1.807) is 30.5 Å². The number of nitrogens with two attached hydrogens (primary N) is 1. The monoisotopic (exact) mass is 272 g/mol. The summed E-state index contributed by atoms with van der Waals surface area (Å²) in [5.41, 5.74) is 1.02. The molecule has 3 aromatic rings. The maximum Gasteiger partial charge on any atom is 0.293 e. The Bertz CT molecular complexity index is 828.